The quantitative estimate of drug-likeness (QED) is 0.870. The van der Waals surface area contributed by atoms with Gasteiger partial charge in [0.05, 0.1) is 0 Å². The molecule has 2 N–H and O–H groups in total. The van der Waals surface area contributed by atoms with Crippen molar-refractivity contribution in [3.05, 3.63) is 5.56 Å². The van der Waals surface area contributed by atoms with Crippen LogP contribution in [0.25, 0.3) is 0 Å². The van der Waals surface area contributed by atoms with Crippen LogP contribution in [0.2, 0.25) is 0 Å². The van der Waals surface area contributed by atoms with E-state index in [1.54, 1.807) is 0 Å². The van der Waals surface area contributed by atoms with Gasteiger partial charge in [0.25, 0.3) is 0 Å². The molecular weight excluding hydrogens is 220 g/mol. The van der Waals surface area contributed by atoms with Crippen LogP contribution in [0, 0.1) is 17.2 Å². The number of nitrogens with two attached hydrogens (primary N) is 1. The number of hydrogen-bond acceptors (Lipinski definition) is 5. The predicted molar refractivity (Wildman–Crippen MR) is 66.4 cm³/mol. The Morgan fingerprint density at radius 2 is 2.31 bits per heavy atom. The number of rotatable bonds is 4. The van der Waals surface area contributed by atoms with E-state index in [9.17, 15) is 0 Å². The summed E-state index contributed by atoms with van der Waals surface area (Å²) in [6, 6.07) is 2.54. The number of hydrogen-bond donors (Lipinski definition) is 1. The second-order valence-electron chi connectivity index (χ2n) is 4.55. The van der Waals surface area contributed by atoms with Crippen molar-refractivity contribution < 1.29 is 0 Å². The molecule has 4 nitrogen and oxygen atoms in total. The number of nitrogen functional groups attached to an aromatic ring is 1. The van der Waals surface area contributed by atoms with E-state index < -0.39 is 0 Å². The average molecular weight is 236 g/mol. The summed E-state index contributed by atoms with van der Waals surface area (Å²) < 4.78 is 4.07. The number of aromatic nitrogens is 1. The second-order valence-corrected chi connectivity index (χ2v) is 5.30. The van der Waals surface area contributed by atoms with E-state index in [-0.39, 0.29) is 0 Å². The van der Waals surface area contributed by atoms with Crippen LogP contribution in [0.1, 0.15) is 32.3 Å². The van der Waals surface area contributed by atoms with E-state index in [1.165, 1.54) is 24.4 Å². The van der Waals surface area contributed by atoms with Gasteiger partial charge in [0.15, 0.2) is 5.82 Å². The van der Waals surface area contributed by atoms with E-state index >= 15 is 0 Å². The molecule has 1 aromatic rings. The highest BCUT2D eigenvalue weighted by atomic mass is 32.1. The lowest BCUT2D eigenvalue weighted by Crippen LogP contribution is -2.32. The molecule has 0 aliphatic heterocycles. The van der Waals surface area contributed by atoms with Gasteiger partial charge in [-0.05, 0) is 44.1 Å². The molecule has 1 aromatic heterocycles. The van der Waals surface area contributed by atoms with Gasteiger partial charge >= 0.3 is 0 Å². The summed E-state index contributed by atoms with van der Waals surface area (Å²) in [6.45, 7) is 5.30. The smallest absolute Gasteiger partial charge is 0.157 e. The molecule has 1 aliphatic rings. The van der Waals surface area contributed by atoms with Gasteiger partial charge in [-0.25, -0.2) is 0 Å². The molecule has 1 fully saturated rings. The van der Waals surface area contributed by atoms with E-state index in [0.717, 1.165) is 17.5 Å². The highest BCUT2D eigenvalue weighted by Gasteiger charge is 2.28. The molecule has 1 aliphatic carbocycles. The molecule has 0 spiro atoms. The SMILES string of the molecule is CC(C)N(CC1CC1)c1snc(N)c1C#N. The van der Waals surface area contributed by atoms with Crippen LogP contribution in [0.5, 0.6) is 0 Å². The van der Waals surface area contributed by atoms with Crippen LogP contribution in [0.15, 0.2) is 0 Å². The predicted octanol–water partition coefficient (Wildman–Crippen LogP) is 2.22. The van der Waals surface area contributed by atoms with E-state index in [4.69, 9.17) is 11.0 Å². The Bertz CT molecular complexity index is 414. The molecule has 16 heavy (non-hydrogen) atoms. The standard InChI is InChI=1S/C11H16N4S/c1-7(2)15(6-8-3-4-8)11-9(5-12)10(13)14-16-11/h7-8H,3-4,6H2,1-2H3,(H2,13,14). The maximum absolute atomic E-state index is 9.08. The monoisotopic (exact) mass is 236 g/mol. The number of anilines is 2. The number of nitriles is 1. The fourth-order valence-electron chi connectivity index (χ4n) is 1.70. The summed E-state index contributed by atoms with van der Waals surface area (Å²) in [6.07, 6.45) is 2.61. The van der Waals surface area contributed by atoms with Gasteiger partial charge in [-0.3, -0.25) is 0 Å². The third-order valence-corrected chi connectivity index (χ3v) is 3.75. The lowest BCUT2D eigenvalue weighted by molar-refractivity contribution is 0.649. The van der Waals surface area contributed by atoms with Crippen LogP contribution >= 0.6 is 11.5 Å². The zero-order valence-electron chi connectivity index (χ0n) is 9.60. The fourth-order valence-corrected chi connectivity index (χ4v) is 2.61. The highest BCUT2D eigenvalue weighted by molar-refractivity contribution is 7.10. The van der Waals surface area contributed by atoms with Gasteiger partial charge in [-0.15, -0.1) is 0 Å². The Morgan fingerprint density at radius 1 is 1.62 bits per heavy atom. The minimum Gasteiger partial charge on any atom is -0.382 e. The maximum atomic E-state index is 9.08. The van der Waals surface area contributed by atoms with E-state index in [0.29, 0.717) is 17.4 Å². The Hall–Kier alpha value is -1.28. The van der Waals surface area contributed by atoms with Crippen molar-refractivity contribution in [2.24, 2.45) is 5.92 Å². The first-order valence-corrected chi connectivity index (χ1v) is 6.32. The highest BCUT2D eigenvalue weighted by Crippen LogP contribution is 2.36. The summed E-state index contributed by atoms with van der Waals surface area (Å²) in [7, 11) is 0. The molecule has 2 rings (SSSR count). The third kappa shape index (κ3) is 2.12. The van der Waals surface area contributed by atoms with Gasteiger partial charge in [-0.1, -0.05) is 0 Å². The normalized spacial score (nSPS) is 15.1. The third-order valence-electron chi connectivity index (χ3n) is 2.85. The van der Waals surface area contributed by atoms with Crippen molar-refractivity contribution in [3.8, 4) is 6.07 Å². The van der Waals surface area contributed by atoms with Crippen LogP contribution in [0.4, 0.5) is 10.8 Å². The Kier molecular flexibility index (Phi) is 3.01. The molecule has 86 valence electrons. The molecule has 0 saturated heterocycles. The van der Waals surface area contributed by atoms with Crippen molar-refractivity contribution in [3.63, 3.8) is 0 Å². The molecule has 0 atom stereocenters. The van der Waals surface area contributed by atoms with Gasteiger partial charge in [0.1, 0.15) is 16.6 Å². The average Bonchev–Trinajstić information content (AvgIpc) is 2.98. The van der Waals surface area contributed by atoms with Crippen molar-refractivity contribution >= 4 is 22.4 Å². The molecule has 1 saturated carbocycles. The van der Waals surface area contributed by atoms with Gasteiger partial charge in [0, 0.05) is 12.6 Å². The Balaban J connectivity index is 2.26. The molecule has 0 radical (unpaired) electrons. The van der Waals surface area contributed by atoms with E-state index in [1.807, 2.05) is 0 Å². The minimum absolute atomic E-state index is 0.365. The molecule has 0 aromatic carbocycles. The summed E-state index contributed by atoms with van der Waals surface area (Å²) >= 11 is 1.34. The summed E-state index contributed by atoms with van der Waals surface area (Å²) in [4.78, 5) is 2.25. The zero-order chi connectivity index (χ0) is 11.7. The Morgan fingerprint density at radius 3 is 2.81 bits per heavy atom. The van der Waals surface area contributed by atoms with Crippen molar-refractivity contribution in [1.82, 2.24) is 4.37 Å². The topological polar surface area (TPSA) is 65.9 Å². The first kappa shape index (κ1) is 11.2. The second kappa shape index (κ2) is 4.30. The van der Waals surface area contributed by atoms with Crippen molar-refractivity contribution in [2.45, 2.75) is 32.7 Å². The molecule has 5 heteroatoms. The van der Waals surface area contributed by atoms with Crippen molar-refractivity contribution in [1.29, 1.82) is 5.26 Å². The summed E-state index contributed by atoms with van der Waals surface area (Å²) in [5.74, 6) is 1.15. The fraction of sp³-hybridized carbons (Fsp3) is 0.636. The number of nitrogens with zero attached hydrogens (tertiary/aromatic N) is 3. The lowest BCUT2D eigenvalue weighted by atomic mass is 10.2. The van der Waals surface area contributed by atoms with Crippen LogP contribution in [-0.2, 0) is 0 Å². The molecule has 0 amide bonds. The maximum Gasteiger partial charge on any atom is 0.157 e. The van der Waals surface area contributed by atoms with Gasteiger partial charge < -0.3 is 10.6 Å². The molecule has 0 bridgehead atoms. The zero-order valence-corrected chi connectivity index (χ0v) is 10.4. The molecule has 1 heterocycles. The van der Waals surface area contributed by atoms with Gasteiger partial charge in [0.2, 0.25) is 0 Å². The first-order chi connectivity index (χ1) is 7.63. The van der Waals surface area contributed by atoms with Crippen LogP contribution in [-0.4, -0.2) is 17.0 Å². The largest absolute Gasteiger partial charge is 0.382 e. The van der Waals surface area contributed by atoms with Crippen LogP contribution in [0.3, 0.4) is 0 Å². The Labute approximate surface area is 99.8 Å². The van der Waals surface area contributed by atoms with Crippen LogP contribution < -0.4 is 10.6 Å². The van der Waals surface area contributed by atoms with Crippen molar-refractivity contribution in [2.75, 3.05) is 17.2 Å². The summed E-state index contributed by atoms with van der Waals surface area (Å²) in [5.41, 5.74) is 6.23. The lowest BCUT2D eigenvalue weighted by Gasteiger charge is -2.27. The molecule has 0 unspecified atom stereocenters. The first-order valence-electron chi connectivity index (χ1n) is 5.55. The van der Waals surface area contributed by atoms with E-state index in [2.05, 4.69) is 29.2 Å². The minimum atomic E-state index is 0.365. The summed E-state index contributed by atoms with van der Waals surface area (Å²) in [5, 5.41) is 10.0. The van der Waals surface area contributed by atoms with Gasteiger partial charge in [-0.2, -0.15) is 9.64 Å². The molecular formula is C11H16N4S.